The maximum absolute atomic E-state index is 12.6. The summed E-state index contributed by atoms with van der Waals surface area (Å²) in [6, 6.07) is 2.08. The summed E-state index contributed by atoms with van der Waals surface area (Å²) in [7, 11) is 0. The first-order valence-electron chi connectivity index (χ1n) is 11.0. The van der Waals surface area contributed by atoms with Gasteiger partial charge in [-0.15, -0.1) is 0 Å². The third-order valence-electron chi connectivity index (χ3n) is 6.42. The number of piperazine rings is 1. The van der Waals surface area contributed by atoms with Crippen LogP contribution in [-0.2, 0) is 9.53 Å². The molecule has 0 aromatic carbocycles. The molecule has 3 heterocycles. The summed E-state index contributed by atoms with van der Waals surface area (Å²) in [5.41, 5.74) is 0. The van der Waals surface area contributed by atoms with Crippen LogP contribution in [0.2, 0.25) is 0 Å². The van der Waals surface area contributed by atoms with E-state index in [4.69, 9.17) is 4.74 Å². The monoisotopic (exact) mass is 387 g/mol. The van der Waals surface area contributed by atoms with Crippen molar-refractivity contribution >= 4 is 17.5 Å². The van der Waals surface area contributed by atoms with Gasteiger partial charge in [0.15, 0.2) is 0 Å². The molecule has 1 aliphatic carbocycles. The van der Waals surface area contributed by atoms with E-state index >= 15 is 0 Å². The van der Waals surface area contributed by atoms with Gasteiger partial charge in [0.2, 0.25) is 5.91 Å². The van der Waals surface area contributed by atoms with E-state index in [1.165, 1.54) is 32.1 Å². The zero-order chi connectivity index (χ0) is 19.2. The van der Waals surface area contributed by atoms with Crippen molar-refractivity contribution < 1.29 is 9.53 Å². The minimum Gasteiger partial charge on any atom is -0.378 e. The Morgan fingerprint density at radius 3 is 2.25 bits per heavy atom. The molecule has 3 fully saturated rings. The molecule has 0 radical (unpaired) electrons. The maximum atomic E-state index is 12.6. The van der Waals surface area contributed by atoms with Crippen molar-refractivity contribution in [3.8, 4) is 0 Å². The Labute approximate surface area is 168 Å². The Morgan fingerprint density at radius 2 is 1.57 bits per heavy atom. The third kappa shape index (κ3) is 4.93. The summed E-state index contributed by atoms with van der Waals surface area (Å²) in [6.45, 7) is 6.52. The molecule has 1 aromatic rings. The maximum Gasteiger partial charge on any atom is 0.222 e. The van der Waals surface area contributed by atoms with E-state index < -0.39 is 0 Å². The molecule has 0 atom stereocenters. The van der Waals surface area contributed by atoms with Crippen LogP contribution in [-0.4, -0.2) is 73.3 Å². The molecule has 154 valence electrons. The number of amides is 1. The molecule has 2 aliphatic heterocycles. The van der Waals surface area contributed by atoms with Gasteiger partial charge in [-0.05, 0) is 12.3 Å². The normalized spacial score (nSPS) is 21.8. The summed E-state index contributed by atoms with van der Waals surface area (Å²) in [6.07, 6.45) is 10.2. The highest BCUT2D eigenvalue weighted by atomic mass is 16.5. The summed E-state index contributed by atoms with van der Waals surface area (Å²) >= 11 is 0. The summed E-state index contributed by atoms with van der Waals surface area (Å²) in [4.78, 5) is 28.1. The average Bonchev–Trinajstić information content (AvgIpc) is 2.79. The standard InChI is InChI=1S/C21H33N5O2/c27-21(7-6-18-4-2-1-3-5-18)26-10-8-24(9-11-26)19-16-20(23-17-22-19)25-12-14-28-15-13-25/h16-18H,1-15H2. The van der Waals surface area contributed by atoms with E-state index in [1.54, 1.807) is 6.33 Å². The van der Waals surface area contributed by atoms with Crippen molar-refractivity contribution in [2.75, 3.05) is 62.3 Å². The smallest absolute Gasteiger partial charge is 0.222 e. The van der Waals surface area contributed by atoms with Gasteiger partial charge in [-0.2, -0.15) is 0 Å². The number of anilines is 2. The molecular formula is C21H33N5O2. The molecule has 1 amide bonds. The minimum absolute atomic E-state index is 0.335. The fourth-order valence-corrected chi connectivity index (χ4v) is 4.62. The van der Waals surface area contributed by atoms with Gasteiger partial charge < -0.3 is 19.4 Å². The highest BCUT2D eigenvalue weighted by Crippen LogP contribution is 2.27. The SMILES string of the molecule is O=C(CCC1CCCCC1)N1CCN(c2cc(N3CCOCC3)ncn2)CC1. The Morgan fingerprint density at radius 1 is 0.929 bits per heavy atom. The van der Waals surface area contributed by atoms with Crippen molar-refractivity contribution in [3.05, 3.63) is 12.4 Å². The van der Waals surface area contributed by atoms with E-state index in [9.17, 15) is 4.79 Å². The van der Waals surface area contributed by atoms with Crippen LogP contribution in [0, 0.1) is 5.92 Å². The van der Waals surface area contributed by atoms with Gasteiger partial charge in [0.05, 0.1) is 13.2 Å². The number of carbonyl (C=O) groups excluding carboxylic acids is 1. The number of aromatic nitrogens is 2. The van der Waals surface area contributed by atoms with E-state index in [0.29, 0.717) is 5.91 Å². The lowest BCUT2D eigenvalue weighted by Gasteiger charge is -2.36. The molecule has 7 nitrogen and oxygen atoms in total. The van der Waals surface area contributed by atoms with Crippen molar-refractivity contribution in [1.29, 1.82) is 0 Å². The van der Waals surface area contributed by atoms with Crippen LogP contribution in [0.3, 0.4) is 0 Å². The van der Waals surface area contributed by atoms with Crippen LogP contribution in [0.4, 0.5) is 11.6 Å². The summed E-state index contributed by atoms with van der Waals surface area (Å²) in [5.74, 6) is 3.05. The molecule has 0 spiro atoms. The molecule has 0 unspecified atom stereocenters. The lowest BCUT2D eigenvalue weighted by Crippen LogP contribution is -2.49. The van der Waals surface area contributed by atoms with Crippen molar-refractivity contribution in [1.82, 2.24) is 14.9 Å². The number of ether oxygens (including phenoxy) is 1. The molecule has 1 aromatic heterocycles. The number of carbonyl (C=O) groups is 1. The number of rotatable bonds is 5. The molecule has 4 rings (SSSR count). The Kier molecular flexibility index (Phi) is 6.62. The zero-order valence-corrected chi connectivity index (χ0v) is 16.9. The van der Waals surface area contributed by atoms with Gasteiger partial charge in [-0.1, -0.05) is 32.1 Å². The Hall–Kier alpha value is -1.89. The van der Waals surface area contributed by atoms with Crippen LogP contribution in [0.1, 0.15) is 44.9 Å². The van der Waals surface area contributed by atoms with Gasteiger partial charge in [0, 0.05) is 51.8 Å². The summed E-state index contributed by atoms with van der Waals surface area (Å²) in [5, 5.41) is 0. The third-order valence-corrected chi connectivity index (χ3v) is 6.42. The topological polar surface area (TPSA) is 61.8 Å². The lowest BCUT2D eigenvalue weighted by atomic mass is 9.86. The average molecular weight is 388 g/mol. The van der Waals surface area contributed by atoms with E-state index in [-0.39, 0.29) is 0 Å². The van der Waals surface area contributed by atoms with Gasteiger partial charge in [-0.25, -0.2) is 9.97 Å². The van der Waals surface area contributed by atoms with E-state index in [1.807, 2.05) is 4.90 Å². The number of nitrogens with zero attached hydrogens (tertiary/aromatic N) is 5. The lowest BCUT2D eigenvalue weighted by molar-refractivity contribution is -0.131. The predicted octanol–water partition coefficient (Wildman–Crippen LogP) is 2.32. The van der Waals surface area contributed by atoms with Gasteiger partial charge >= 0.3 is 0 Å². The van der Waals surface area contributed by atoms with Crippen LogP contribution >= 0.6 is 0 Å². The molecule has 0 bridgehead atoms. The number of hydrogen-bond acceptors (Lipinski definition) is 6. The largest absolute Gasteiger partial charge is 0.378 e. The van der Waals surface area contributed by atoms with Crippen molar-refractivity contribution in [2.24, 2.45) is 5.92 Å². The van der Waals surface area contributed by atoms with Gasteiger partial charge in [0.1, 0.15) is 18.0 Å². The predicted molar refractivity (Wildman–Crippen MR) is 110 cm³/mol. The first-order valence-corrected chi connectivity index (χ1v) is 11.0. The molecule has 0 N–H and O–H groups in total. The molecule has 3 aliphatic rings. The van der Waals surface area contributed by atoms with Crippen LogP contribution in [0.5, 0.6) is 0 Å². The Balaban J connectivity index is 1.26. The Bertz CT molecular complexity index is 635. The second-order valence-electron chi connectivity index (χ2n) is 8.24. The van der Waals surface area contributed by atoms with Crippen LogP contribution < -0.4 is 9.80 Å². The number of morpholine rings is 1. The molecule has 2 saturated heterocycles. The molecule has 1 saturated carbocycles. The fraction of sp³-hybridized carbons (Fsp3) is 0.762. The fourth-order valence-electron chi connectivity index (χ4n) is 4.62. The first kappa shape index (κ1) is 19.4. The van der Waals surface area contributed by atoms with Crippen molar-refractivity contribution in [2.45, 2.75) is 44.9 Å². The minimum atomic E-state index is 0.335. The highest BCUT2D eigenvalue weighted by molar-refractivity contribution is 5.76. The van der Waals surface area contributed by atoms with E-state index in [2.05, 4.69) is 25.8 Å². The summed E-state index contributed by atoms with van der Waals surface area (Å²) < 4.78 is 5.43. The molecular weight excluding hydrogens is 354 g/mol. The molecule has 28 heavy (non-hydrogen) atoms. The quantitative estimate of drug-likeness (QED) is 0.773. The van der Waals surface area contributed by atoms with Gasteiger partial charge in [-0.3, -0.25) is 4.79 Å². The van der Waals surface area contributed by atoms with E-state index in [0.717, 1.165) is 82.9 Å². The zero-order valence-electron chi connectivity index (χ0n) is 16.9. The second-order valence-corrected chi connectivity index (χ2v) is 8.24. The van der Waals surface area contributed by atoms with Gasteiger partial charge in [0.25, 0.3) is 0 Å². The highest BCUT2D eigenvalue weighted by Gasteiger charge is 2.24. The second kappa shape index (κ2) is 9.54. The van der Waals surface area contributed by atoms with Crippen molar-refractivity contribution in [3.63, 3.8) is 0 Å². The molecule has 7 heteroatoms. The first-order chi connectivity index (χ1) is 13.8. The number of hydrogen-bond donors (Lipinski definition) is 0. The van der Waals surface area contributed by atoms with Crippen LogP contribution in [0.25, 0.3) is 0 Å². The van der Waals surface area contributed by atoms with Crippen LogP contribution in [0.15, 0.2) is 12.4 Å².